The van der Waals surface area contributed by atoms with E-state index in [1.54, 1.807) is 7.11 Å². The van der Waals surface area contributed by atoms with Gasteiger partial charge in [-0.2, -0.15) is 0 Å². The molecule has 0 spiro atoms. The first-order valence-corrected chi connectivity index (χ1v) is 6.76. The van der Waals surface area contributed by atoms with Gasteiger partial charge in [-0.25, -0.2) is 0 Å². The summed E-state index contributed by atoms with van der Waals surface area (Å²) in [6.45, 7) is 0. The Morgan fingerprint density at radius 2 is 1.71 bits per heavy atom. The largest absolute Gasteiger partial charge is 0.496 e. The highest BCUT2D eigenvalue weighted by Crippen LogP contribution is 2.19. The Balaban J connectivity index is 1.90. The molecular weight excluding hydrogens is 229 g/mol. The molecule has 0 aliphatic carbocycles. The van der Waals surface area contributed by atoms with Gasteiger partial charge in [0.1, 0.15) is 5.75 Å². The van der Waals surface area contributed by atoms with Crippen LogP contribution in [0.3, 0.4) is 0 Å². The standard InChI is InChI=1S/C14H16NOP/c1-16-13-9-5-6-10-14(13)17-11-15-12-7-3-2-4-8-12/h2-10,15,17H,11H2,1H3. The van der Waals surface area contributed by atoms with E-state index in [-0.39, 0.29) is 0 Å². The molecule has 0 radical (unpaired) electrons. The van der Waals surface area contributed by atoms with Crippen molar-refractivity contribution in [2.24, 2.45) is 0 Å². The summed E-state index contributed by atoms with van der Waals surface area (Å²) in [5, 5.41) is 4.66. The summed E-state index contributed by atoms with van der Waals surface area (Å²) in [7, 11) is 2.42. The lowest BCUT2D eigenvalue weighted by Gasteiger charge is -2.09. The first-order valence-electron chi connectivity index (χ1n) is 5.56. The summed E-state index contributed by atoms with van der Waals surface area (Å²) >= 11 is 0. The molecule has 88 valence electrons. The average Bonchev–Trinajstić information content (AvgIpc) is 2.40. The van der Waals surface area contributed by atoms with Crippen LogP contribution in [0.15, 0.2) is 54.6 Å². The van der Waals surface area contributed by atoms with Crippen molar-refractivity contribution in [3.05, 3.63) is 54.6 Å². The van der Waals surface area contributed by atoms with Crippen molar-refractivity contribution in [3.63, 3.8) is 0 Å². The van der Waals surface area contributed by atoms with Gasteiger partial charge in [-0.15, -0.1) is 0 Å². The van der Waals surface area contributed by atoms with Gasteiger partial charge in [0.05, 0.1) is 7.11 Å². The van der Waals surface area contributed by atoms with Gasteiger partial charge >= 0.3 is 0 Å². The molecule has 1 N–H and O–H groups in total. The lowest BCUT2D eigenvalue weighted by molar-refractivity contribution is 0.418. The number of nitrogens with one attached hydrogen (secondary N) is 1. The van der Waals surface area contributed by atoms with Crippen molar-refractivity contribution in [1.82, 2.24) is 0 Å². The Bertz CT molecular complexity index is 459. The van der Waals surface area contributed by atoms with Gasteiger partial charge in [0.15, 0.2) is 0 Å². The Morgan fingerprint density at radius 3 is 2.47 bits per heavy atom. The molecule has 0 bridgehead atoms. The van der Waals surface area contributed by atoms with E-state index in [4.69, 9.17) is 4.74 Å². The highest BCUT2D eigenvalue weighted by Gasteiger charge is 2.00. The van der Waals surface area contributed by atoms with E-state index >= 15 is 0 Å². The smallest absolute Gasteiger partial charge is 0.126 e. The molecule has 0 aliphatic rings. The Kier molecular flexibility index (Phi) is 4.40. The summed E-state index contributed by atoms with van der Waals surface area (Å²) in [4.78, 5) is 0. The van der Waals surface area contributed by atoms with E-state index in [0.29, 0.717) is 8.58 Å². The Labute approximate surface area is 104 Å². The number of hydrogen-bond acceptors (Lipinski definition) is 2. The van der Waals surface area contributed by atoms with Crippen LogP contribution in [0.25, 0.3) is 0 Å². The number of ether oxygens (including phenoxy) is 1. The number of rotatable bonds is 5. The molecule has 1 atom stereocenters. The minimum absolute atomic E-state index is 0.700. The molecule has 0 aromatic heterocycles. The van der Waals surface area contributed by atoms with E-state index in [1.165, 1.54) is 5.30 Å². The van der Waals surface area contributed by atoms with Gasteiger partial charge < -0.3 is 10.1 Å². The monoisotopic (exact) mass is 245 g/mol. The Morgan fingerprint density at radius 1 is 1.00 bits per heavy atom. The SMILES string of the molecule is COc1ccccc1PCNc1ccccc1. The Hall–Kier alpha value is -1.53. The molecule has 1 unspecified atom stereocenters. The van der Waals surface area contributed by atoms with Crippen LogP contribution >= 0.6 is 8.58 Å². The second-order valence-corrected chi connectivity index (χ2v) is 4.84. The van der Waals surface area contributed by atoms with Crippen LogP contribution in [0.5, 0.6) is 5.75 Å². The number of para-hydroxylation sites is 2. The summed E-state index contributed by atoms with van der Waals surface area (Å²) in [6.07, 6.45) is 0.935. The average molecular weight is 245 g/mol. The first kappa shape index (κ1) is 11.9. The zero-order valence-electron chi connectivity index (χ0n) is 9.81. The molecule has 2 aromatic rings. The molecular formula is C14H16NOP. The summed E-state index contributed by atoms with van der Waals surface area (Å²) in [5.41, 5.74) is 1.16. The van der Waals surface area contributed by atoms with Gasteiger partial charge in [0, 0.05) is 17.3 Å². The summed E-state index contributed by atoms with van der Waals surface area (Å²) < 4.78 is 5.33. The number of benzene rings is 2. The van der Waals surface area contributed by atoms with Gasteiger partial charge in [0.25, 0.3) is 0 Å². The predicted molar refractivity (Wildman–Crippen MR) is 75.9 cm³/mol. The number of methoxy groups -OCH3 is 1. The maximum Gasteiger partial charge on any atom is 0.126 e. The minimum Gasteiger partial charge on any atom is -0.496 e. The van der Waals surface area contributed by atoms with Crippen LogP contribution in [0.2, 0.25) is 0 Å². The number of hydrogen-bond donors (Lipinski definition) is 1. The summed E-state index contributed by atoms with van der Waals surface area (Å²) in [5.74, 6) is 0.973. The fraction of sp³-hybridized carbons (Fsp3) is 0.143. The summed E-state index contributed by atoms with van der Waals surface area (Å²) in [6, 6.07) is 18.4. The molecule has 3 heteroatoms. The van der Waals surface area contributed by atoms with Crippen LogP contribution in [0.4, 0.5) is 5.69 Å². The van der Waals surface area contributed by atoms with Gasteiger partial charge in [0.2, 0.25) is 0 Å². The highest BCUT2D eigenvalue weighted by molar-refractivity contribution is 7.47. The van der Waals surface area contributed by atoms with E-state index in [9.17, 15) is 0 Å². The molecule has 0 fully saturated rings. The quantitative estimate of drug-likeness (QED) is 0.817. The van der Waals surface area contributed by atoms with Crippen molar-refractivity contribution >= 4 is 19.6 Å². The third-order valence-corrected chi connectivity index (χ3v) is 3.60. The fourth-order valence-electron chi connectivity index (χ4n) is 1.59. The molecule has 2 aromatic carbocycles. The van der Waals surface area contributed by atoms with Crippen molar-refractivity contribution in [2.75, 3.05) is 18.7 Å². The molecule has 0 saturated carbocycles. The van der Waals surface area contributed by atoms with Crippen LogP contribution in [-0.4, -0.2) is 13.4 Å². The molecule has 0 amide bonds. The van der Waals surface area contributed by atoms with Crippen molar-refractivity contribution in [2.45, 2.75) is 0 Å². The number of anilines is 1. The second kappa shape index (κ2) is 6.27. The topological polar surface area (TPSA) is 21.3 Å². The maximum absolute atomic E-state index is 5.33. The molecule has 0 saturated heterocycles. The van der Waals surface area contributed by atoms with E-state index in [2.05, 4.69) is 23.5 Å². The molecule has 0 heterocycles. The second-order valence-electron chi connectivity index (χ2n) is 3.60. The van der Waals surface area contributed by atoms with E-state index < -0.39 is 0 Å². The molecule has 2 nitrogen and oxygen atoms in total. The lowest BCUT2D eigenvalue weighted by atomic mass is 10.3. The fourth-order valence-corrected chi connectivity index (χ4v) is 2.64. The molecule has 2 rings (SSSR count). The predicted octanol–water partition coefficient (Wildman–Crippen LogP) is 3.07. The first-order chi connectivity index (χ1) is 8.40. The van der Waals surface area contributed by atoms with Crippen molar-refractivity contribution in [3.8, 4) is 5.75 Å². The van der Waals surface area contributed by atoms with Crippen molar-refractivity contribution in [1.29, 1.82) is 0 Å². The maximum atomic E-state index is 5.33. The zero-order chi connectivity index (χ0) is 11.9. The zero-order valence-corrected chi connectivity index (χ0v) is 10.8. The van der Waals surface area contributed by atoms with E-state index in [0.717, 1.165) is 17.7 Å². The van der Waals surface area contributed by atoms with Gasteiger partial charge in [-0.1, -0.05) is 45.0 Å². The third-order valence-electron chi connectivity index (χ3n) is 2.45. The molecule has 17 heavy (non-hydrogen) atoms. The van der Waals surface area contributed by atoms with Crippen LogP contribution in [-0.2, 0) is 0 Å². The van der Waals surface area contributed by atoms with Crippen LogP contribution < -0.4 is 15.4 Å². The van der Waals surface area contributed by atoms with Gasteiger partial charge in [-0.05, 0) is 18.2 Å². The third kappa shape index (κ3) is 3.47. The van der Waals surface area contributed by atoms with Crippen molar-refractivity contribution < 1.29 is 4.74 Å². The van der Waals surface area contributed by atoms with Crippen LogP contribution in [0.1, 0.15) is 0 Å². The van der Waals surface area contributed by atoms with Crippen LogP contribution in [0, 0.1) is 0 Å². The van der Waals surface area contributed by atoms with E-state index in [1.807, 2.05) is 36.4 Å². The van der Waals surface area contributed by atoms with Gasteiger partial charge in [-0.3, -0.25) is 0 Å². The lowest BCUT2D eigenvalue weighted by Crippen LogP contribution is -2.05. The minimum atomic E-state index is 0.700. The highest BCUT2D eigenvalue weighted by atomic mass is 31.1. The molecule has 0 aliphatic heterocycles. The normalized spacial score (nSPS) is 10.6.